The van der Waals surface area contributed by atoms with Crippen LogP contribution in [0.15, 0.2) is 59.0 Å². The fraction of sp³-hybridized carbons (Fsp3) is 0.318. The third kappa shape index (κ3) is 5.34. The Balaban J connectivity index is 1.17. The Hall–Kier alpha value is -3.35. The van der Waals surface area contributed by atoms with Gasteiger partial charge in [0, 0.05) is 19.3 Å². The average Bonchev–Trinajstić information content (AvgIpc) is 3.23. The standard InChI is InChI=1S/C22H23N3O4/c26-20(23-14-17-15-27-18-8-4-5-9-19(18)28-17)11-13-22-25-24-21(29-22)12-10-16-6-2-1-3-7-16/h1-9,17H,10-15H2,(H,23,26). The molecule has 0 spiro atoms. The Morgan fingerprint density at radius 3 is 2.48 bits per heavy atom. The number of nitrogens with zero attached hydrogens (tertiary/aromatic N) is 2. The number of aromatic nitrogens is 2. The second kappa shape index (κ2) is 9.23. The molecule has 1 aromatic heterocycles. The molecule has 0 saturated carbocycles. The maximum atomic E-state index is 12.1. The molecular weight excluding hydrogens is 370 g/mol. The van der Waals surface area contributed by atoms with Crippen LogP contribution in [-0.2, 0) is 24.1 Å². The molecule has 150 valence electrons. The van der Waals surface area contributed by atoms with Gasteiger partial charge in [-0.2, -0.15) is 0 Å². The molecule has 1 aliphatic rings. The van der Waals surface area contributed by atoms with Crippen LogP contribution in [0, 0.1) is 0 Å². The molecule has 1 amide bonds. The number of carbonyl (C=O) groups is 1. The highest BCUT2D eigenvalue weighted by Gasteiger charge is 2.21. The van der Waals surface area contributed by atoms with Crippen LogP contribution >= 0.6 is 0 Å². The summed E-state index contributed by atoms with van der Waals surface area (Å²) in [6.07, 6.45) is 2.01. The first-order valence-corrected chi connectivity index (χ1v) is 9.76. The number of aryl methyl sites for hydroxylation is 3. The van der Waals surface area contributed by atoms with Gasteiger partial charge in [-0.25, -0.2) is 0 Å². The topological polar surface area (TPSA) is 86.5 Å². The average molecular weight is 393 g/mol. The number of fused-ring (bicyclic) bond motifs is 1. The summed E-state index contributed by atoms with van der Waals surface area (Å²) in [5, 5.41) is 11.0. The number of benzene rings is 2. The van der Waals surface area contributed by atoms with E-state index in [1.54, 1.807) is 0 Å². The Morgan fingerprint density at radius 2 is 1.66 bits per heavy atom. The molecule has 1 N–H and O–H groups in total. The van der Waals surface area contributed by atoms with Crippen molar-refractivity contribution in [2.75, 3.05) is 13.2 Å². The van der Waals surface area contributed by atoms with E-state index < -0.39 is 0 Å². The zero-order valence-corrected chi connectivity index (χ0v) is 16.0. The van der Waals surface area contributed by atoms with Gasteiger partial charge in [-0.3, -0.25) is 4.79 Å². The first-order valence-electron chi connectivity index (χ1n) is 9.76. The van der Waals surface area contributed by atoms with Gasteiger partial charge in [-0.05, 0) is 24.1 Å². The van der Waals surface area contributed by atoms with Gasteiger partial charge in [0.05, 0.1) is 6.54 Å². The van der Waals surface area contributed by atoms with Crippen LogP contribution < -0.4 is 14.8 Å². The molecule has 0 fully saturated rings. The largest absolute Gasteiger partial charge is 0.486 e. The summed E-state index contributed by atoms with van der Waals surface area (Å²) in [5.41, 5.74) is 1.23. The van der Waals surface area contributed by atoms with Crippen molar-refractivity contribution in [3.8, 4) is 11.5 Å². The van der Waals surface area contributed by atoms with E-state index in [0.29, 0.717) is 43.5 Å². The van der Waals surface area contributed by atoms with E-state index in [-0.39, 0.29) is 18.4 Å². The van der Waals surface area contributed by atoms with Crippen LogP contribution in [0.2, 0.25) is 0 Å². The minimum Gasteiger partial charge on any atom is -0.486 e. The lowest BCUT2D eigenvalue weighted by Crippen LogP contribution is -2.40. The van der Waals surface area contributed by atoms with E-state index in [4.69, 9.17) is 13.9 Å². The number of rotatable bonds is 8. The van der Waals surface area contributed by atoms with Gasteiger partial charge < -0.3 is 19.2 Å². The van der Waals surface area contributed by atoms with Crippen molar-refractivity contribution in [3.63, 3.8) is 0 Å². The van der Waals surface area contributed by atoms with Crippen LogP contribution in [0.1, 0.15) is 23.8 Å². The van der Waals surface area contributed by atoms with Crippen molar-refractivity contribution in [1.82, 2.24) is 15.5 Å². The van der Waals surface area contributed by atoms with Crippen molar-refractivity contribution in [3.05, 3.63) is 71.9 Å². The lowest BCUT2D eigenvalue weighted by Gasteiger charge is -2.26. The van der Waals surface area contributed by atoms with Gasteiger partial charge in [-0.15, -0.1) is 10.2 Å². The van der Waals surface area contributed by atoms with E-state index in [0.717, 1.165) is 12.2 Å². The number of hydrogen-bond acceptors (Lipinski definition) is 6. The van der Waals surface area contributed by atoms with Gasteiger partial charge in [-0.1, -0.05) is 42.5 Å². The Labute approximate surface area is 169 Å². The van der Waals surface area contributed by atoms with Crippen molar-refractivity contribution in [2.24, 2.45) is 0 Å². The molecule has 2 aromatic carbocycles. The summed E-state index contributed by atoms with van der Waals surface area (Å²) in [5.74, 6) is 2.42. The number of nitrogens with one attached hydrogen (secondary N) is 1. The summed E-state index contributed by atoms with van der Waals surface area (Å²) < 4.78 is 17.1. The van der Waals surface area contributed by atoms with Crippen molar-refractivity contribution in [1.29, 1.82) is 0 Å². The van der Waals surface area contributed by atoms with Crippen LogP contribution in [0.4, 0.5) is 0 Å². The fourth-order valence-electron chi connectivity index (χ4n) is 3.09. The van der Waals surface area contributed by atoms with E-state index in [2.05, 4.69) is 27.6 Å². The zero-order chi connectivity index (χ0) is 19.9. The molecule has 0 bridgehead atoms. The quantitative estimate of drug-likeness (QED) is 0.633. The minimum atomic E-state index is -0.207. The first kappa shape index (κ1) is 19.0. The zero-order valence-electron chi connectivity index (χ0n) is 16.0. The second-order valence-corrected chi connectivity index (χ2v) is 6.88. The maximum absolute atomic E-state index is 12.1. The molecule has 4 rings (SSSR count). The predicted octanol–water partition coefficient (Wildman–Crippen LogP) is 2.74. The molecule has 1 unspecified atom stereocenters. The second-order valence-electron chi connectivity index (χ2n) is 6.88. The highest BCUT2D eigenvalue weighted by atomic mass is 16.6. The van der Waals surface area contributed by atoms with E-state index in [1.165, 1.54) is 5.56 Å². The van der Waals surface area contributed by atoms with Crippen LogP contribution in [0.25, 0.3) is 0 Å². The first-order chi connectivity index (χ1) is 14.3. The lowest BCUT2D eigenvalue weighted by molar-refractivity contribution is -0.121. The molecule has 1 aliphatic heterocycles. The van der Waals surface area contributed by atoms with E-state index >= 15 is 0 Å². The molecule has 1 atom stereocenters. The summed E-state index contributed by atoms with van der Waals surface area (Å²) in [4.78, 5) is 12.1. The third-order valence-corrected chi connectivity index (χ3v) is 4.64. The van der Waals surface area contributed by atoms with Crippen LogP contribution in [-0.4, -0.2) is 35.4 Å². The third-order valence-electron chi connectivity index (χ3n) is 4.64. The summed E-state index contributed by atoms with van der Waals surface area (Å²) in [7, 11) is 0. The van der Waals surface area contributed by atoms with Gasteiger partial charge >= 0.3 is 0 Å². The number of hydrogen-bond donors (Lipinski definition) is 1. The summed E-state index contributed by atoms with van der Waals surface area (Å²) in [6.45, 7) is 0.797. The number of para-hydroxylation sites is 2. The molecule has 7 heteroatoms. The molecule has 0 aliphatic carbocycles. The molecule has 2 heterocycles. The molecule has 0 radical (unpaired) electrons. The SMILES string of the molecule is O=C(CCc1nnc(CCc2ccccc2)o1)NCC1COc2ccccc2O1. The number of carbonyl (C=O) groups excluding carboxylic acids is 1. The molecule has 29 heavy (non-hydrogen) atoms. The van der Waals surface area contributed by atoms with Crippen molar-refractivity contribution >= 4 is 5.91 Å². The summed E-state index contributed by atoms with van der Waals surface area (Å²) >= 11 is 0. The van der Waals surface area contributed by atoms with E-state index in [1.807, 2.05) is 42.5 Å². The highest BCUT2D eigenvalue weighted by molar-refractivity contribution is 5.76. The van der Waals surface area contributed by atoms with Gasteiger partial charge in [0.25, 0.3) is 0 Å². The highest BCUT2D eigenvalue weighted by Crippen LogP contribution is 2.30. The van der Waals surface area contributed by atoms with Crippen LogP contribution in [0.3, 0.4) is 0 Å². The maximum Gasteiger partial charge on any atom is 0.220 e. The normalized spacial score (nSPS) is 15.1. The molecular formula is C22H23N3O4. The monoisotopic (exact) mass is 393 g/mol. The van der Waals surface area contributed by atoms with Gasteiger partial charge in [0.15, 0.2) is 11.5 Å². The van der Waals surface area contributed by atoms with Crippen molar-refractivity contribution < 1.29 is 18.7 Å². The lowest BCUT2D eigenvalue weighted by atomic mass is 10.1. The Kier molecular flexibility index (Phi) is 6.04. The molecule has 3 aromatic rings. The van der Waals surface area contributed by atoms with Crippen molar-refractivity contribution in [2.45, 2.75) is 31.8 Å². The predicted molar refractivity (Wildman–Crippen MR) is 106 cm³/mol. The van der Waals surface area contributed by atoms with Gasteiger partial charge in [0.2, 0.25) is 17.7 Å². The van der Waals surface area contributed by atoms with Crippen LogP contribution in [0.5, 0.6) is 11.5 Å². The fourth-order valence-corrected chi connectivity index (χ4v) is 3.09. The smallest absolute Gasteiger partial charge is 0.220 e. The molecule has 7 nitrogen and oxygen atoms in total. The Morgan fingerprint density at radius 1 is 0.931 bits per heavy atom. The van der Waals surface area contributed by atoms with Gasteiger partial charge in [0.1, 0.15) is 12.7 Å². The Bertz CT molecular complexity index is 942. The van der Waals surface area contributed by atoms with E-state index in [9.17, 15) is 4.79 Å². The number of ether oxygens (including phenoxy) is 2. The summed E-state index contributed by atoms with van der Waals surface area (Å²) in [6, 6.07) is 17.7. The molecule has 0 saturated heterocycles. The number of amides is 1. The minimum absolute atomic E-state index is 0.0866.